The molecule has 1 rings (SSSR count). The zero-order valence-corrected chi connectivity index (χ0v) is 7.00. The van der Waals surface area contributed by atoms with E-state index in [4.69, 9.17) is 0 Å². The molecule has 0 amide bonds. The highest BCUT2D eigenvalue weighted by atomic mass is 32.2. The van der Waals surface area contributed by atoms with E-state index in [0.717, 1.165) is 0 Å². The summed E-state index contributed by atoms with van der Waals surface area (Å²) in [6.45, 7) is 4.89. The van der Waals surface area contributed by atoms with Crippen LogP contribution in [0.25, 0.3) is 0 Å². The van der Waals surface area contributed by atoms with Crippen LogP contribution in [0, 0.1) is 0 Å². The normalized spacial score (nSPS) is 26.0. The van der Waals surface area contributed by atoms with Crippen LogP contribution in [0.15, 0.2) is 0 Å². The first kappa shape index (κ1) is 7.38. The molecule has 54 valence electrons. The summed E-state index contributed by atoms with van der Waals surface area (Å²) in [4.78, 5) is 0. The van der Waals surface area contributed by atoms with Gasteiger partial charge in [0.1, 0.15) is 13.1 Å². The van der Waals surface area contributed by atoms with Crippen LogP contribution < -0.4 is 5.32 Å². The van der Waals surface area contributed by atoms with Crippen LogP contribution in [0.1, 0.15) is 0 Å². The maximum atomic E-state index is 3.35. The van der Waals surface area contributed by atoms with E-state index in [2.05, 4.69) is 18.6 Å². The lowest BCUT2D eigenvalue weighted by Crippen LogP contribution is -2.51. The molecule has 0 spiro atoms. The third-order valence-corrected chi connectivity index (χ3v) is 3.21. The van der Waals surface area contributed by atoms with Gasteiger partial charge in [0.2, 0.25) is 0 Å². The van der Waals surface area contributed by atoms with Gasteiger partial charge in [-0.05, 0) is 0 Å². The zero-order chi connectivity index (χ0) is 6.74. The highest BCUT2D eigenvalue weighted by Crippen LogP contribution is 2.16. The average Bonchev–Trinajstić information content (AvgIpc) is 1.90. The lowest BCUT2D eigenvalue weighted by atomic mass is 10.4. The van der Waals surface area contributed by atoms with E-state index in [1.54, 1.807) is 0 Å². The second-order valence-corrected chi connectivity index (χ2v) is 3.92. The molecule has 0 radical (unpaired) electrons. The van der Waals surface area contributed by atoms with Crippen molar-refractivity contribution in [1.82, 2.24) is 5.32 Å². The molecule has 1 fully saturated rings. The average molecular weight is 147 g/mol. The molecule has 9 heavy (non-hydrogen) atoms. The summed E-state index contributed by atoms with van der Waals surface area (Å²) in [5.41, 5.74) is 0. The van der Waals surface area contributed by atoms with Crippen LogP contribution in [-0.4, -0.2) is 43.4 Å². The third-order valence-electron chi connectivity index (χ3n) is 1.96. The summed E-state index contributed by atoms with van der Waals surface area (Å²) < 4.78 is 1.17. The number of nitrogens with one attached hydrogen (secondary N) is 1. The van der Waals surface area contributed by atoms with Gasteiger partial charge in [-0.15, -0.1) is 0 Å². The van der Waals surface area contributed by atoms with Crippen LogP contribution in [0.2, 0.25) is 0 Å². The van der Waals surface area contributed by atoms with Crippen LogP contribution in [0.4, 0.5) is 0 Å². The quantitative estimate of drug-likeness (QED) is 0.423. The van der Waals surface area contributed by atoms with Gasteiger partial charge in [0.25, 0.3) is 0 Å². The lowest BCUT2D eigenvalue weighted by molar-refractivity contribution is -0.775. The summed E-state index contributed by atoms with van der Waals surface area (Å²) in [5, 5.41) is 3.35. The molecule has 0 bridgehead atoms. The van der Waals surface area contributed by atoms with E-state index in [0.29, 0.717) is 0 Å². The minimum Gasteiger partial charge on any atom is -0.306 e. The molecule has 0 aromatic rings. The monoisotopic (exact) mass is 147 g/mol. The predicted octanol–water partition coefficient (Wildman–Crippen LogP) is 0.314. The van der Waals surface area contributed by atoms with E-state index in [9.17, 15) is 0 Å². The van der Waals surface area contributed by atoms with E-state index in [-0.39, 0.29) is 0 Å². The third kappa shape index (κ3) is 1.85. The fourth-order valence-electron chi connectivity index (χ4n) is 1.05. The Morgan fingerprint density at radius 1 is 1.33 bits per heavy atom. The van der Waals surface area contributed by atoms with E-state index in [1.165, 1.54) is 30.1 Å². The molecule has 3 heteroatoms. The molecule has 0 saturated carbocycles. The summed E-state index contributed by atoms with van der Waals surface area (Å²) in [6.07, 6.45) is 2.19. The maximum absolute atomic E-state index is 3.35. The molecule has 0 aromatic heterocycles. The summed E-state index contributed by atoms with van der Waals surface area (Å²) >= 11 is 1.95. The number of nitrogens with zero attached hydrogens (tertiary/aromatic N) is 1. The van der Waals surface area contributed by atoms with Crippen LogP contribution in [-0.2, 0) is 0 Å². The highest BCUT2D eigenvalue weighted by molar-refractivity contribution is 7.93. The number of likely N-dealkylation sites (N-methyl/N-ethyl adjacent to an activating group) is 1. The summed E-state index contributed by atoms with van der Waals surface area (Å²) in [7, 11) is 2.30. The summed E-state index contributed by atoms with van der Waals surface area (Å²) in [6, 6.07) is 0. The Kier molecular flexibility index (Phi) is 2.38. The van der Waals surface area contributed by atoms with Crippen LogP contribution >= 0.6 is 11.9 Å². The van der Waals surface area contributed by atoms with Crippen molar-refractivity contribution in [2.24, 2.45) is 0 Å². The van der Waals surface area contributed by atoms with Gasteiger partial charge in [-0.25, -0.2) is 0 Å². The van der Waals surface area contributed by atoms with E-state index >= 15 is 0 Å². The van der Waals surface area contributed by atoms with Crippen molar-refractivity contribution in [1.29, 1.82) is 0 Å². The zero-order valence-electron chi connectivity index (χ0n) is 6.18. The van der Waals surface area contributed by atoms with Crippen molar-refractivity contribution in [3.63, 3.8) is 0 Å². The smallest absolute Gasteiger partial charge is 0.102 e. The number of hydrogen-bond donors (Lipinski definition) is 1. The molecule has 1 heterocycles. The molecule has 1 aliphatic heterocycles. The van der Waals surface area contributed by atoms with Crippen LogP contribution in [0.3, 0.4) is 0 Å². The molecular formula is C6H15N2S+. The molecular weight excluding hydrogens is 132 g/mol. The van der Waals surface area contributed by atoms with E-state index < -0.39 is 0 Å². The Morgan fingerprint density at radius 2 is 1.89 bits per heavy atom. The second-order valence-electron chi connectivity index (χ2n) is 2.68. The predicted molar refractivity (Wildman–Crippen MR) is 42.3 cm³/mol. The largest absolute Gasteiger partial charge is 0.306 e. The minimum absolute atomic E-state index is 1.17. The molecule has 0 atom stereocenters. The summed E-state index contributed by atoms with van der Waals surface area (Å²) in [5.74, 6) is 0. The first-order valence-corrected chi connectivity index (χ1v) is 4.56. The van der Waals surface area contributed by atoms with Gasteiger partial charge in [-0.1, -0.05) is 0 Å². The van der Waals surface area contributed by atoms with Crippen molar-refractivity contribution in [3.05, 3.63) is 0 Å². The molecule has 2 nitrogen and oxygen atoms in total. The van der Waals surface area contributed by atoms with Gasteiger partial charge in [-0.3, -0.25) is 3.89 Å². The number of piperazine rings is 1. The Hall–Kier alpha value is 0.270. The van der Waals surface area contributed by atoms with Gasteiger partial charge < -0.3 is 5.32 Å². The van der Waals surface area contributed by atoms with Crippen molar-refractivity contribution in [2.45, 2.75) is 0 Å². The first-order chi connectivity index (χ1) is 4.27. The number of quaternary nitrogens is 1. The van der Waals surface area contributed by atoms with Crippen molar-refractivity contribution < 1.29 is 3.89 Å². The first-order valence-electron chi connectivity index (χ1n) is 3.38. The fourth-order valence-corrected chi connectivity index (χ4v) is 1.60. The van der Waals surface area contributed by atoms with Gasteiger partial charge >= 0.3 is 0 Å². The Bertz CT molecular complexity index is 89.1. The minimum atomic E-state index is 1.17. The van der Waals surface area contributed by atoms with Gasteiger partial charge in [0.15, 0.2) is 0 Å². The lowest BCUT2D eigenvalue weighted by Gasteiger charge is -2.34. The Labute approximate surface area is 61.3 Å². The Balaban J connectivity index is 2.37. The van der Waals surface area contributed by atoms with Gasteiger partial charge in [0, 0.05) is 19.3 Å². The molecule has 0 aromatic carbocycles. The van der Waals surface area contributed by atoms with E-state index in [1.807, 2.05) is 11.9 Å². The number of hydrogen-bond acceptors (Lipinski definition) is 2. The van der Waals surface area contributed by atoms with Crippen molar-refractivity contribution >= 4 is 11.9 Å². The SMILES string of the molecule is CS[N+]1(C)CCNCC1. The van der Waals surface area contributed by atoms with Gasteiger partial charge in [-0.2, -0.15) is 0 Å². The van der Waals surface area contributed by atoms with Crippen LogP contribution in [0.5, 0.6) is 0 Å². The molecule has 1 N–H and O–H groups in total. The fraction of sp³-hybridized carbons (Fsp3) is 1.00. The highest BCUT2D eigenvalue weighted by Gasteiger charge is 2.23. The maximum Gasteiger partial charge on any atom is 0.102 e. The number of rotatable bonds is 1. The molecule has 1 saturated heterocycles. The van der Waals surface area contributed by atoms with Crippen molar-refractivity contribution in [3.8, 4) is 0 Å². The standard InChI is InChI=1S/C6H15N2S/c1-8(9-2)5-3-7-4-6-8/h7H,3-6H2,1-2H3/q+1. The topological polar surface area (TPSA) is 12.0 Å². The molecule has 0 aliphatic carbocycles. The molecule has 0 unspecified atom stereocenters. The Morgan fingerprint density at radius 3 is 2.22 bits per heavy atom. The molecule has 1 aliphatic rings. The second kappa shape index (κ2) is 2.90. The van der Waals surface area contributed by atoms with Crippen molar-refractivity contribution in [2.75, 3.05) is 39.5 Å². The van der Waals surface area contributed by atoms with Gasteiger partial charge in [0.05, 0.1) is 19.0 Å².